The Hall–Kier alpha value is -2.93. The SMILES string of the molecule is Cn1cc(C(=O)N2CCC3(CC2)CN(c2ccccc2)C(=O)CO3)ccc1=O. The summed E-state index contributed by atoms with van der Waals surface area (Å²) >= 11 is 0. The Labute approximate surface area is 163 Å². The number of carbonyl (C=O) groups is 2. The molecule has 0 N–H and O–H groups in total. The largest absolute Gasteiger partial charge is 0.363 e. The Morgan fingerprint density at radius 3 is 2.43 bits per heavy atom. The number of aromatic nitrogens is 1. The second kappa shape index (κ2) is 7.24. The molecule has 1 aromatic heterocycles. The van der Waals surface area contributed by atoms with Crippen molar-refractivity contribution in [3.8, 4) is 0 Å². The normalized spacial score (nSPS) is 19.1. The molecular formula is C21H23N3O4. The van der Waals surface area contributed by atoms with E-state index >= 15 is 0 Å². The fourth-order valence-corrected chi connectivity index (χ4v) is 3.88. The van der Waals surface area contributed by atoms with Crippen LogP contribution in [0.3, 0.4) is 0 Å². The average molecular weight is 381 g/mol. The summed E-state index contributed by atoms with van der Waals surface area (Å²) in [6.07, 6.45) is 2.91. The van der Waals surface area contributed by atoms with E-state index in [9.17, 15) is 14.4 Å². The number of benzene rings is 1. The highest BCUT2D eigenvalue weighted by Gasteiger charge is 2.43. The molecule has 4 rings (SSSR count). The van der Waals surface area contributed by atoms with Gasteiger partial charge in [0.1, 0.15) is 6.61 Å². The van der Waals surface area contributed by atoms with Crippen LogP contribution in [0.1, 0.15) is 23.2 Å². The van der Waals surface area contributed by atoms with Gasteiger partial charge in [0.15, 0.2) is 0 Å². The molecule has 2 aliphatic heterocycles. The Morgan fingerprint density at radius 1 is 1.04 bits per heavy atom. The zero-order valence-corrected chi connectivity index (χ0v) is 15.8. The molecule has 1 spiro atoms. The van der Waals surface area contributed by atoms with Gasteiger partial charge in [-0.2, -0.15) is 0 Å². The number of anilines is 1. The summed E-state index contributed by atoms with van der Waals surface area (Å²) in [5.74, 6) is -0.127. The van der Waals surface area contributed by atoms with E-state index in [2.05, 4.69) is 0 Å². The Bertz CT molecular complexity index is 946. The van der Waals surface area contributed by atoms with Crippen molar-refractivity contribution in [1.29, 1.82) is 0 Å². The molecule has 0 aliphatic carbocycles. The number of pyridine rings is 1. The van der Waals surface area contributed by atoms with Gasteiger partial charge >= 0.3 is 0 Å². The predicted molar refractivity (Wildman–Crippen MR) is 104 cm³/mol. The first-order valence-electron chi connectivity index (χ1n) is 9.43. The maximum Gasteiger partial charge on any atom is 0.255 e. The first kappa shape index (κ1) is 18.4. The van der Waals surface area contributed by atoms with Crippen LogP contribution in [-0.2, 0) is 16.6 Å². The molecule has 0 radical (unpaired) electrons. The Kier molecular flexibility index (Phi) is 4.77. The summed E-state index contributed by atoms with van der Waals surface area (Å²) in [7, 11) is 1.63. The molecule has 0 unspecified atom stereocenters. The maximum atomic E-state index is 12.8. The van der Waals surface area contributed by atoms with Gasteiger partial charge in [0.2, 0.25) is 5.56 Å². The van der Waals surface area contributed by atoms with Gasteiger partial charge in [-0.15, -0.1) is 0 Å². The van der Waals surface area contributed by atoms with Crippen LogP contribution in [0, 0.1) is 0 Å². The van der Waals surface area contributed by atoms with Crippen LogP contribution in [0.4, 0.5) is 5.69 Å². The lowest BCUT2D eigenvalue weighted by atomic mass is 9.88. The van der Waals surface area contributed by atoms with Crippen LogP contribution in [0.25, 0.3) is 0 Å². The highest BCUT2D eigenvalue weighted by molar-refractivity contribution is 5.95. The summed E-state index contributed by atoms with van der Waals surface area (Å²) in [4.78, 5) is 40.2. The van der Waals surface area contributed by atoms with Gasteiger partial charge < -0.3 is 19.1 Å². The van der Waals surface area contributed by atoms with Crippen molar-refractivity contribution < 1.29 is 14.3 Å². The average Bonchev–Trinajstić information content (AvgIpc) is 2.73. The van der Waals surface area contributed by atoms with E-state index in [4.69, 9.17) is 4.74 Å². The van der Waals surface area contributed by atoms with Gasteiger partial charge in [-0.1, -0.05) is 18.2 Å². The van der Waals surface area contributed by atoms with Gasteiger partial charge in [-0.3, -0.25) is 14.4 Å². The summed E-state index contributed by atoms with van der Waals surface area (Å²) in [6.45, 7) is 1.67. The summed E-state index contributed by atoms with van der Waals surface area (Å²) in [5.41, 5.74) is 0.808. The third-order valence-electron chi connectivity index (χ3n) is 5.61. The van der Waals surface area contributed by atoms with Crippen molar-refractivity contribution in [2.45, 2.75) is 18.4 Å². The Morgan fingerprint density at radius 2 is 1.75 bits per heavy atom. The lowest BCUT2D eigenvalue weighted by molar-refractivity contribution is -0.143. The molecule has 7 heteroatoms. The number of likely N-dealkylation sites (tertiary alicyclic amines) is 1. The van der Waals surface area contributed by atoms with Crippen molar-refractivity contribution >= 4 is 17.5 Å². The smallest absolute Gasteiger partial charge is 0.255 e. The minimum Gasteiger partial charge on any atom is -0.363 e. The number of rotatable bonds is 2. The molecule has 2 amide bonds. The molecule has 2 saturated heterocycles. The monoisotopic (exact) mass is 381 g/mol. The van der Waals surface area contributed by atoms with E-state index in [0.717, 1.165) is 5.69 Å². The standard InChI is InChI=1S/C21H23N3O4/c1-22-13-16(7-8-18(22)25)20(27)23-11-9-21(10-12-23)15-24(19(26)14-28-21)17-5-3-2-4-6-17/h2-8,13H,9-12,14-15H2,1H3. The highest BCUT2D eigenvalue weighted by Crippen LogP contribution is 2.33. The second-order valence-electron chi connectivity index (χ2n) is 7.45. The quantitative estimate of drug-likeness (QED) is 0.789. The summed E-state index contributed by atoms with van der Waals surface area (Å²) in [5, 5.41) is 0. The highest BCUT2D eigenvalue weighted by atomic mass is 16.5. The number of nitrogens with zero attached hydrogens (tertiary/aromatic N) is 3. The van der Waals surface area contributed by atoms with Crippen LogP contribution >= 0.6 is 0 Å². The molecule has 7 nitrogen and oxygen atoms in total. The first-order valence-corrected chi connectivity index (χ1v) is 9.43. The lowest BCUT2D eigenvalue weighted by Gasteiger charge is -2.47. The van der Waals surface area contributed by atoms with Crippen molar-refractivity contribution in [3.05, 3.63) is 64.6 Å². The number of aryl methyl sites for hydroxylation is 1. The van der Waals surface area contributed by atoms with Crippen LogP contribution in [-0.4, -0.2) is 53.1 Å². The van der Waals surface area contributed by atoms with Gasteiger partial charge in [0, 0.05) is 38.1 Å². The van der Waals surface area contributed by atoms with E-state index in [-0.39, 0.29) is 24.0 Å². The van der Waals surface area contributed by atoms with Crippen molar-refractivity contribution in [1.82, 2.24) is 9.47 Å². The van der Waals surface area contributed by atoms with Crippen molar-refractivity contribution in [2.24, 2.45) is 7.05 Å². The molecule has 0 bridgehead atoms. The van der Waals surface area contributed by atoms with Gasteiger partial charge in [0.25, 0.3) is 11.8 Å². The van der Waals surface area contributed by atoms with Gasteiger partial charge in [-0.05, 0) is 31.0 Å². The number of piperidine rings is 1. The van der Waals surface area contributed by atoms with E-state index < -0.39 is 5.60 Å². The van der Waals surface area contributed by atoms with Crippen LogP contribution in [0.2, 0.25) is 0 Å². The molecule has 3 heterocycles. The van der Waals surface area contributed by atoms with E-state index in [1.165, 1.54) is 10.6 Å². The predicted octanol–water partition coefficient (Wildman–Crippen LogP) is 1.42. The minimum absolute atomic E-state index is 0.0412. The fraction of sp³-hybridized carbons (Fsp3) is 0.381. The number of carbonyl (C=O) groups excluding carboxylic acids is 2. The topological polar surface area (TPSA) is 71.8 Å². The molecule has 2 aliphatic rings. The van der Waals surface area contributed by atoms with Crippen molar-refractivity contribution in [2.75, 3.05) is 31.1 Å². The van der Waals surface area contributed by atoms with Crippen molar-refractivity contribution in [3.63, 3.8) is 0 Å². The summed E-state index contributed by atoms with van der Waals surface area (Å²) in [6, 6.07) is 12.6. The number of ether oxygens (including phenoxy) is 1. The molecule has 0 saturated carbocycles. The fourth-order valence-electron chi connectivity index (χ4n) is 3.88. The molecular weight excluding hydrogens is 358 g/mol. The number of amides is 2. The molecule has 28 heavy (non-hydrogen) atoms. The third-order valence-corrected chi connectivity index (χ3v) is 5.61. The molecule has 0 atom stereocenters. The molecule has 1 aromatic carbocycles. The van der Waals surface area contributed by atoms with Crippen LogP contribution in [0.5, 0.6) is 0 Å². The van der Waals surface area contributed by atoms with Gasteiger partial charge in [-0.25, -0.2) is 0 Å². The minimum atomic E-state index is -0.427. The number of hydrogen-bond donors (Lipinski definition) is 0. The lowest BCUT2D eigenvalue weighted by Crippen LogP contribution is -2.59. The zero-order chi connectivity index (χ0) is 19.7. The number of para-hydroxylation sites is 1. The molecule has 2 aromatic rings. The van der Waals surface area contributed by atoms with E-state index in [1.54, 1.807) is 29.1 Å². The van der Waals surface area contributed by atoms with Crippen LogP contribution in [0.15, 0.2) is 53.5 Å². The third kappa shape index (κ3) is 3.45. The molecule has 146 valence electrons. The van der Waals surface area contributed by atoms with E-state index in [0.29, 0.717) is 38.0 Å². The van der Waals surface area contributed by atoms with E-state index in [1.807, 2.05) is 30.3 Å². The maximum absolute atomic E-state index is 12.8. The number of hydrogen-bond acceptors (Lipinski definition) is 4. The Balaban J connectivity index is 1.45. The first-order chi connectivity index (χ1) is 13.5. The molecule has 2 fully saturated rings. The number of morpholine rings is 1. The zero-order valence-electron chi connectivity index (χ0n) is 15.8. The summed E-state index contributed by atoms with van der Waals surface area (Å²) < 4.78 is 7.37. The van der Waals surface area contributed by atoms with Gasteiger partial charge in [0.05, 0.1) is 17.7 Å². The second-order valence-corrected chi connectivity index (χ2v) is 7.45. The van der Waals surface area contributed by atoms with Crippen LogP contribution < -0.4 is 10.5 Å².